The highest BCUT2D eigenvalue weighted by molar-refractivity contribution is 7.21. The molecule has 1 aliphatic rings. The Labute approximate surface area is 185 Å². The summed E-state index contributed by atoms with van der Waals surface area (Å²) in [5.74, 6) is 0.627. The molecule has 2 heterocycles. The lowest BCUT2D eigenvalue weighted by Gasteiger charge is -2.26. The van der Waals surface area contributed by atoms with Crippen LogP contribution in [0.1, 0.15) is 40.1 Å². The minimum Gasteiger partial charge on any atom is -0.496 e. The van der Waals surface area contributed by atoms with E-state index in [0.717, 1.165) is 41.8 Å². The molecule has 0 saturated carbocycles. The molecule has 1 aliphatic heterocycles. The third-order valence-electron chi connectivity index (χ3n) is 5.56. The zero-order chi connectivity index (χ0) is 22.0. The van der Waals surface area contributed by atoms with Gasteiger partial charge in [-0.25, -0.2) is 4.79 Å². The number of carbonyl (C=O) groups excluding carboxylic acids is 1. The third-order valence-corrected chi connectivity index (χ3v) is 6.68. The highest BCUT2D eigenvalue weighted by Gasteiger charge is 2.22. The largest absolute Gasteiger partial charge is 0.496 e. The van der Waals surface area contributed by atoms with Crippen molar-refractivity contribution in [2.24, 2.45) is 0 Å². The Morgan fingerprint density at radius 3 is 2.45 bits per heavy atom. The number of carboxylic acids is 1. The predicted octanol–water partition coefficient (Wildman–Crippen LogP) is 5.26. The van der Waals surface area contributed by atoms with Gasteiger partial charge in [-0.1, -0.05) is 12.1 Å². The molecule has 2 aromatic carbocycles. The van der Waals surface area contributed by atoms with Crippen LogP contribution in [0.3, 0.4) is 0 Å². The quantitative estimate of drug-likeness (QED) is 0.567. The summed E-state index contributed by atoms with van der Waals surface area (Å²) in [7, 11) is 1.59. The number of fused-ring (bicyclic) bond motifs is 1. The van der Waals surface area contributed by atoms with Crippen LogP contribution in [-0.2, 0) is 11.2 Å². The molecule has 162 valence electrons. The van der Waals surface area contributed by atoms with E-state index in [1.54, 1.807) is 19.2 Å². The van der Waals surface area contributed by atoms with Crippen molar-refractivity contribution in [3.8, 4) is 17.2 Å². The Hall–Kier alpha value is -3.06. The average molecular weight is 440 g/mol. The van der Waals surface area contributed by atoms with E-state index < -0.39 is 5.97 Å². The molecule has 7 heteroatoms. The van der Waals surface area contributed by atoms with Crippen LogP contribution in [0.15, 0.2) is 36.4 Å². The number of likely N-dealkylation sites (tertiary alicyclic amines) is 1. The van der Waals surface area contributed by atoms with Crippen molar-refractivity contribution in [3.63, 3.8) is 0 Å². The minimum absolute atomic E-state index is 0.145. The summed E-state index contributed by atoms with van der Waals surface area (Å²) in [6.45, 7) is 3.60. The zero-order valence-electron chi connectivity index (χ0n) is 17.6. The molecule has 0 aliphatic carbocycles. The molecular formula is C24H25NO5S. The number of rotatable bonds is 6. The molecule has 6 nitrogen and oxygen atoms in total. The molecule has 0 atom stereocenters. The first kappa shape index (κ1) is 21.2. The SMILES string of the molecule is COc1cc2c(Oc3ccc(CC(=O)N4CCCCC4)cc3)c(C(=O)O)sc2cc1C. The number of ether oxygens (including phenoxy) is 2. The summed E-state index contributed by atoms with van der Waals surface area (Å²) in [6, 6.07) is 11.0. The zero-order valence-corrected chi connectivity index (χ0v) is 18.5. The number of piperidine rings is 1. The van der Waals surface area contributed by atoms with Gasteiger partial charge in [0.15, 0.2) is 10.6 Å². The van der Waals surface area contributed by atoms with Crippen LogP contribution in [-0.4, -0.2) is 42.1 Å². The van der Waals surface area contributed by atoms with Gasteiger partial charge in [0.25, 0.3) is 0 Å². The Bertz CT molecular complexity index is 1110. The first-order valence-corrected chi connectivity index (χ1v) is 11.2. The highest BCUT2D eigenvalue weighted by Crippen LogP contribution is 2.43. The van der Waals surface area contributed by atoms with Crippen LogP contribution in [0.25, 0.3) is 10.1 Å². The summed E-state index contributed by atoms with van der Waals surface area (Å²) in [4.78, 5) is 26.4. The van der Waals surface area contributed by atoms with Crippen LogP contribution >= 0.6 is 11.3 Å². The van der Waals surface area contributed by atoms with Crippen LogP contribution < -0.4 is 9.47 Å². The molecule has 1 aromatic heterocycles. The first-order valence-electron chi connectivity index (χ1n) is 10.3. The molecule has 31 heavy (non-hydrogen) atoms. The fraction of sp³-hybridized carbons (Fsp3) is 0.333. The maximum absolute atomic E-state index is 12.5. The van der Waals surface area contributed by atoms with Crippen LogP contribution in [0.2, 0.25) is 0 Å². The fourth-order valence-electron chi connectivity index (χ4n) is 3.89. The summed E-state index contributed by atoms with van der Waals surface area (Å²) < 4.78 is 12.2. The number of benzene rings is 2. The smallest absolute Gasteiger partial charge is 0.349 e. The Morgan fingerprint density at radius 2 is 1.81 bits per heavy atom. The molecular weight excluding hydrogens is 414 g/mol. The molecule has 0 unspecified atom stereocenters. The molecule has 0 bridgehead atoms. The number of methoxy groups -OCH3 is 1. The lowest BCUT2D eigenvalue weighted by molar-refractivity contribution is -0.131. The van der Waals surface area contributed by atoms with Crippen molar-refractivity contribution in [1.29, 1.82) is 0 Å². The van der Waals surface area contributed by atoms with Crippen LogP contribution in [0.5, 0.6) is 17.2 Å². The second-order valence-electron chi connectivity index (χ2n) is 7.75. The van der Waals surface area contributed by atoms with Crippen molar-refractivity contribution >= 4 is 33.3 Å². The second-order valence-corrected chi connectivity index (χ2v) is 8.80. The molecule has 1 fully saturated rings. The molecule has 0 spiro atoms. The minimum atomic E-state index is -1.03. The van der Waals surface area contributed by atoms with Crippen molar-refractivity contribution in [2.75, 3.05) is 20.2 Å². The number of nitrogens with zero attached hydrogens (tertiary/aromatic N) is 1. The summed E-state index contributed by atoms with van der Waals surface area (Å²) in [5, 5.41) is 10.4. The summed E-state index contributed by atoms with van der Waals surface area (Å²) in [6.07, 6.45) is 3.70. The molecule has 1 N–H and O–H groups in total. The van der Waals surface area contributed by atoms with E-state index in [1.165, 1.54) is 17.8 Å². The summed E-state index contributed by atoms with van der Waals surface area (Å²) in [5.41, 5.74) is 1.84. The van der Waals surface area contributed by atoms with E-state index in [2.05, 4.69) is 0 Å². The Kier molecular flexibility index (Phi) is 6.13. The van der Waals surface area contributed by atoms with E-state index in [9.17, 15) is 14.7 Å². The third kappa shape index (κ3) is 4.51. The first-order chi connectivity index (χ1) is 15.0. The standard InChI is InChI=1S/C24H25NO5S/c1-15-12-20-18(14-19(15)29-2)22(23(31-20)24(27)28)30-17-8-6-16(7-9-17)13-21(26)25-10-4-3-5-11-25/h6-9,12,14H,3-5,10-11,13H2,1-2H3,(H,27,28). The normalized spacial score (nSPS) is 13.9. The number of carbonyl (C=O) groups is 2. The van der Waals surface area contributed by atoms with Gasteiger partial charge in [0.2, 0.25) is 5.91 Å². The van der Waals surface area contributed by atoms with Crippen LogP contribution in [0, 0.1) is 6.92 Å². The van der Waals surface area contributed by atoms with E-state index in [-0.39, 0.29) is 10.8 Å². The van der Waals surface area contributed by atoms with Gasteiger partial charge in [0.1, 0.15) is 11.5 Å². The molecule has 4 rings (SSSR count). The van der Waals surface area contributed by atoms with E-state index in [4.69, 9.17) is 9.47 Å². The predicted molar refractivity (Wildman–Crippen MR) is 121 cm³/mol. The molecule has 3 aromatic rings. The Balaban J connectivity index is 1.56. The Morgan fingerprint density at radius 1 is 1.10 bits per heavy atom. The van der Waals surface area contributed by atoms with Gasteiger partial charge in [-0.2, -0.15) is 0 Å². The van der Waals surface area contributed by atoms with E-state index >= 15 is 0 Å². The fourth-order valence-corrected chi connectivity index (χ4v) is 4.94. The van der Waals surface area contributed by atoms with Crippen molar-refractivity contribution in [3.05, 3.63) is 52.4 Å². The molecule has 1 saturated heterocycles. The summed E-state index contributed by atoms with van der Waals surface area (Å²) >= 11 is 1.18. The van der Waals surface area contributed by atoms with Gasteiger partial charge >= 0.3 is 5.97 Å². The lowest BCUT2D eigenvalue weighted by Crippen LogP contribution is -2.36. The van der Waals surface area contributed by atoms with Gasteiger partial charge in [0, 0.05) is 23.2 Å². The van der Waals surface area contributed by atoms with Crippen molar-refractivity contribution < 1.29 is 24.2 Å². The van der Waals surface area contributed by atoms with Crippen molar-refractivity contribution in [2.45, 2.75) is 32.6 Å². The number of carboxylic acid groups (broad SMARTS) is 1. The van der Waals surface area contributed by atoms with Gasteiger partial charge in [0.05, 0.1) is 13.5 Å². The monoisotopic (exact) mass is 439 g/mol. The molecule has 1 amide bonds. The van der Waals surface area contributed by atoms with Crippen molar-refractivity contribution in [1.82, 2.24) is 4.90 Å². The van der Waals surface area contributed by atoms with Gasteiger partial charge < -0.3 is 19.5 Å². The number of amides is 1. The van der Waals surface area contributed by atoms with E-state index in [0.29, 0.717) is 29.1 Å². The highest BCUT2D eigenvalue weighted by atomic mass is 32.1. The number of aromatic carboxylic acids is 1. The van der Waals surface area contributed by atoms with Gasteiger partial charge in [-0.05, 0) is 61.6 Å². The number of hydrogen-bond donors (Lipinski definition) is 1. The average Bonchev–Trinajstić information content (AvgIpc) is 3.12. The van der Waals surface area contributed by atoms with Gasteiger partial charge in [-0.15, -0.1) is 11.3 Å². The second kappa shape index (κ2) is 8.98. The number of thiophene rings is 1. The van der Waals surface area contributed by atoms with Crippen LogP contribution in [0.4, 0.5) is 0 Å². The van der Waals surface area contributed by atoms with E-state index in [1.807, 2.05) is 36.1 Å². The maximum atomic E-state index is 12.5. The molecule has 0 radical (unpaired) electrons. The van der Waals surface area contributed by atoms with Gasteiger partial charge in [-0.3, -0.25) is 4.79 Å². The number of hydrogen-bond acceptors (Lipinski definition) is 5. The lowest BCUT2D eigenvalue weighted by atomic mass is 10.1. The topological polar surface area (TPSA) is 76.1 Å². The number of aryl methyl sites for hydroxylation is 1. The maximum Gasteiger partial charge on any atom is 0.349 e.